The molecule has 0 saturated carbocycles. The molecule has 9 nitrogen and oxygen atoms in total. The molecule has 5 rings (SSSR count). The monoisotopic (exact) mass is 473 g/mol. The normalized spacial score (nSPS) is 22.1. The van der Waals surface area contributed by atoms with Gasteiger partial charge in [-0.15, -0.1) is 10.2 Å². The second-order valence-corrected chi connectivity index (χ2v) is 9.08. The summed E-state index contributed by atoms with van der Waals surface area (Å²) in [5, 5.41) is 23.5. The van der Waals surface area contributed by atoms with Crippen LogP contribution in [0.5, 0.6) is 5.75 Å². The molecule has 3 fully saturated rings. The minimum Gasteiger partial charge on any atom is -0.496 e. The van der Waals surface area contributed by atoms with E-state index in [0.29, 0.717) is 16.5 Å². The summed E-state index contributed by atoms with van der Waals surface area (Å²) in [6.45, 7) is 10.7. The quantitative estimate of drug-likeness (QED) is 0.185. The number of piperazine rings is 3. The van der Waals surface area contributed by atoms with Gasteiger partial charge < -0.3 is 14.5 Å². The number of rotatable bonds is 10. The number of hydrogen-bond acceptors (Lipinski definition) is 7. The average Bonchev–Trinajstić information content (AvgIpc) is 2.84. The predicted molar refractivity (Wildman–Crippen MR) is 128 cm³/mol. The Morgan fingerprint density at radius 3 is 2.45 bits per heavy atom. The molecule has 0 atom stereocenters. The van der Waals surface area contributed by atoms with Crippen molar-refractivity contribution in [1.29, 1.82) is 0 Å². The summed E-state index contributed by atoms with van der Waals surface area (Å²) < 4.78 is 6.31. The number of halogens is 1. The second-order valence-electron chi connectivity index (χ2n) is 8.68. The van der Waals surface area contributed by atoms with E-state index in [1.165, 1.54) is 69.5 Å². The van der Waals surface area contributed by atoms with Gasteiger partial charge in [-0.2, -0.15) is 0 Å². The van der Waals surface area contributed by atoms with E-state index in [9.17, 15) is 10.1 Å². The fraction of sp³-hybridized carbons (Fsp3) is 0.478. The highest BCUT2D eigenvalue weighted by atomic mass is 35.5. The van der Waals surface area contributed by atoms with E-state index in [1.54, 1.807) is 12.1 Å². The fourth-order valence-corrected chi connectivity index (χ4v) is 4.74. The van der Waals surface area contributed by atoms with Gasteiger partial charge in [0, 0.05) is 26.2 Å². The van der Waals surface area contributed by atoms with Crippen molar-refractivity contribution < 1.29 is 14.1 Å². The van der Waals surface area contributed by atoms with Gasteiger partial charge in [0.15, 0.2) is 5.69 Å². The highest BCUT2D eigenvalue weighted by molar-refractivity contribution is 6.33. The van der Waals surface area contributed by atoms with Crippen molar-refractivity contribution in [2.24, 2.45) is 10.2 Å². The lowest BCUT2D eigenvalue weighted by Crippen LogP contribution is -2.68. The first-order chi connectivity index (χ1) is 16.0. The van der Waals surface area contributed by atoms with Crippen LogP contribution < -0.4 is 10.1 Å². The molecule has 3 aliphatic rings. The summed E-state index contributed by atoms with van der Waals surface area (Å²) in [6, 6.07) is 10.1. The smallest absolute Gasteiger partial charge is 0.300 e. The van der Waals surface area contributed by atoms with Crippen molar-refractivity contribution in [1.82, 2.24) is 10.2 Å². The molecule has 0 aromatic heterocycles. The standard InChI is InChI=1S/C23H30ClN6O3/c1-33-19-3-5-22(23(17-19)29(31)32)27-26-21-4-2-18(16-20(21)24)6-7-25-8-12-30-13-9-28(10-14-30)11-15-30/h2-5,16-17,25H,6-15H2,1H3/q+1. The molecule has 1 N–H and O–H groups in total. The van der Waals surface area contributed by atoms with Crippen LogP contribution in [-0.4, -0.2) is 80.3 Å². The number of azo groups is 1. The van der Waals surface area contributed by atoms with E-state index in [2.05, 4.69) is 20.4 Å². The van der Waals surface area contributed by atoms with Crippen LogP contribution in [-0.2, 0) is 6.42 Å². The molecule has 0 amide bonds. The first-order valence-electron chi connectivity index (χ1n) is 11.3. The zero-order chi connectivity index (χ0) is 23.3. The summed E-state index contributed by atoms with van der Waals surface area (Å²) in [5.41, 5.74) is 1.56. The lowest BCUT2D eigenvalue weighted by molar-refractivity contribution is -0.939. The Bertz CT molecular complexity index is 1010. The number of nitro groups is 1. The Balaban J connectivity index is 1.29. The summed E-state index contributed by atoms with van der Waals surface area (Å²) in [5.74, 6) is 0.388. The topological polar surface area (TPSA) is 92.4 Å². The molecule has 3 saturated heterocycles. The van der Waals surface area contributed by atoms with Crippen LogP contribution in [0.3, 0.4) is 0 Å². The third-order valence-electron chi connectivity index (χ3n) is 6.68. The Morgan fingerprint density at radius 1 is 1.09 bits per heavy atom. The Hall–Kier alpha value is -2.59. The number of benzene rings is 2. The molecule has 0 unspecified atom stereocenters. The van der Waals surface area contributed by atoms with Crippen LogP contribution in [0.2, 0.25) is 5.02 Å². The number of quaternary nitrogens is 1. The minimum atomic E-state index is -0.510. The van der Waals surface area contributed by atoms with E-state index < -0.39 is 4.92 Å². The van der Waals surface area contributed by atoms with Crippen LogP contribution in [0.15, 0.2) is 46.6 Å². The van der Waals surface area contributed by atoms with Crippen molar-refractivity contribution in [2.45, 2.75) is 6.42 Å². The summed E-state index contributed by atoms with van der Waals surface area (Å²) >= 11 is 6.39. The van der Waals surface area contributed by atoms with E-state index in [0.717, 1.165) is 25.1 Å². The van der Waals surface area contributed by atoms with Crippen LogP contribution >= 0.6 is 11.6 Å². The number of fused-ring (bicyclic) bond motifs is 3. The number of nitrogens with zero attached hydrogens (tertiary/aromatic N) is 5. The zero-order valence-electron chi connectivity index (χ0n) is 18.9. The largest absolute Gasteiger partial charge is 0.496 e. The zero-order valence-corrected chi connectivity index (χ0v) is 19.6. The van der Waals surface area contributed by atoms with E-state index in [4.69, 9.17) is 16.3 Å². The molecule has 176 valence electrons. The number of nitro benzene ring substituents is 1. The first kappa shape index (κ1) is 23.6. The molecule has 3 aliphatic heterocycles. The van der Waals surface area contributed by atoms with Crippen molar-refractivity contribution in [2.75, 3.05) is 66.0 Å². The molecule has 2 aromatic rings. The molecule has 2 aromatic carbocycles. The van der Waals surface area contributed by atoms with Crippen LogP contribution in [0, 0.1) is 10.1 Å². The third kappa shape index (κ3) is 5.86. The van der Waals surface area contributed by atoms with Crippen LogP contribution in [0.4, 0.5) is 17.1 Å². The molecule has 3 heterocycles. The highest BCUT2D eigenvalue weighted by Gasteiger charge is 2.37. The molecular formula is C23H30ClN6O3+. The Kier molecular flexibility index (Phi) is 7.54. The van der Waals surface area contributed by atoms with Gasteiger partial charge in [0.05, 0.1) is 49.3 Å². The lowest BCUT2D eigenvalue weighted by Gasteiger charge is -2.50. The summed E-state index contributed by atoms with van der Waals surface area (Å²) in [4.78, 5) is 13.4. The number of nitrogens with one attached hydrogen (secondary N) is 1. The minimum absolute atomic E-state index is 0.145. The third-order valence-corrected chi connectivity index (χ3v) is 6.98. The van der Waals surface area contributed by atoms with Gasteiger partial charge >= 0.3 is 0 Å². The van der Waals surface area contributed by atoms with Gasteiger partial charge in [0.1, 0.15) is 11.4 Å². The van der Waals surface area contributed by atoms with Crippen molar-refractivity contribution in [3.63, 3.8) is 0 Å². The molecule has 33 heavy (non-hydrogen) atoms. The lowest BCUT2D eigenvalue weighted by atomic mass is 10.1. The molecule has 2 bridgehead atoms. The van der Waals surface area contributed by atoms with Gasteiger partial charge in [-0.3, -0.25) is 15.0 Å². The van der Waals surface area contributed by atoms with E-state index in [-0.39, 0.29) is 11.4 Å². The maximum absolute atomic E-state index is 11.3. The molecular weight excluding hydrogens is 444 g/mol. The first-order valence-corrected chi connectivity index (χ1v) is 11.7. The van der Waals surface area contributed by atoms with Gasteiger partial charge in [0.2, 0.25) is 0 Å². The number of ether oxygens (including phenoxy) is 1. The van der Waals surface area contributed by atoms with Crippen LogP contribution in [0.25, 0.3) is 0 Å². The average molecular weight is 474 g/mol. The van der Waals surface area contributed by atoms with Gasteiger partial charge in [-0.05, 0) is 42.8 Å². The maximum Gasteiger partial charge on any atom is 0.300 e. The maximum atomic E-state index is 11.3. The Morgan fingerprint density at radius 2 is 1.79 bits per heavy atom. The van der Waals surface area contributed by atoms with Crippen molar-refractivity contribution in [3.8, 4) is 5.75 Å². The van der Waals surface area contributed by atoms with Crippen molar-refractivity contribution >= 4 is 28.7 Å². The number of hydrogen-bond donors (Lipinski definition) is 1. The SMILES string of the molecule is COc1ccc(N=Nc2ccc(CCNCC[N+]34CCN(CC3)CC4)cc2Cl)c([N+](=O)[O-])c1. The Labute approximate surface area is 198 Å². The molecule has 0 radical (unpaired) electrons. The molecule has 0 spiro atoms. The fourth-order valence-electron chi connectivity index (χ4n) is 4.50. The second kappa shape index (κ2) is 10.6. The summed E-state index contributed by atoms with van der Waals surface area (Å²) in [7, 11) is 1.45. The van der Waals surface area contributed by atoms with Crippen molar-refractivity contribution in [3.05, 3.63) is 57.1 Å². The molecule has 0 aliphatic carbocycles. The predicted octanol–water partition coefficient (Wildman–Crippen LogP) is 3.95. The van der Waals surface area contributed by atoms with Gasteiger partial charge in [-0.1, -0.05) is 17.7 Å². The van der Waals surface area contributed by atoms with E-state index in [1.807, 2.05) is 12.1 Å². The van der Waals surface area contributed by atoms with Gasteiger partial charge in [-0.25, -0.2) is 0 Å². The number of methoxy groups -OCH3 is 1. The summed E-state index contributed by atoms with van der Waals surface area (Å²) in [6.07, 6.45) is 0.870. The molecule has 10 heteroatoms. The van der Waals surface area contributed by atoms with E-state index >= 15 is 0 Å². The highest BCUT2D eigenvalue weighted by Crippen LogP contribution is 2.34. The van der Waals surface area contributed by atoms with Gasteiger partial charge in [0.25, 0.3) is 5.69 Å². The van der Waals surface area contributed by atoms with Crippen LogP contribution in [0.1, 0.15) is 5.56 Å².